The number of fused-ring (bicyclic) bond motifs is 1. The van der Waals surface area contributed by atoms with Crippen molar-refractivity contribution in [1.29, 1.82) is 0 Å². The molecule has 21 heavy (non-hydrogen) atoms. The van der Waals surface area contributed by atoms with E-state index in [0.29, 0.717) is 12.6 Å². The van der Waals surface area contributed by atoms with Gasteiger partial charge in [0.05, 0.1) is 20.8 Å². The smallest absolute Gasteiger partial charge is 0.157 e. The highest BCUT2D eigenvalue weighted by atomic mass is 32.2. The summed E-state index contributed by atoms with van der Waals surface area (Å²) < 4.78 is 10.6. The fourth-order valence-corrected chi connectivity index (χ4v) is 4.20. The molecule has 1 saturated carbocycles. The molecule has 114 valence electrons. The lowest BCUT2D eigenvalue weighted by Crippen LogP contribution is -2.41. The molecule has 0 bridgehead atoms. The van der Waals surface area contributed by atoms with Gasteiger partial charge in [-0.15, -0.1) is 0 Å². The second kappa shape index (κ2) is 6.60. The zero-order chi connectivity index (χ0) is 14.7. The Kier molecular flexibility index (Phi) is 4.58. The molecule has 1 aromatic carbocycles. The maximum absolute atomic E-state index is 5.42. The number of thioether (sulfide) groups is 1. The number of ether oxygens (including phenoxy) is 2. The van der Waals surface area contributed by atoms with Crippen molar-refractivity contribution in [3.05, 3.63) is 23.8 Å². The molecule has 1 aromatic rings. The van der Waals surface area contributed by atoms with E-state index in [-0.39, 0.29) is 0 Å². The fourth-order valence-electron chi connectivity index (χ4n) is 3.04. The van der Waals surface area contributed by atoms with Crippen LogP contribution in [0.5, 0.6) is 11.5 Å². The van der Waals surface area contributed by atoms with Crippen molar-refractivity contribution < 1.29 is 9.47 Å². The number of amidine groups is 1. The molecule has 0 aromatic heterocycles. The molecule has 2 fully saturated rings. The quantitative estimate of drug-likeness (QED) is 0.928. The Morgan fingerprint density at radius 2 is 2.19 bits per heavy atom. The van der Waals surface area contributed by atoms with Crippen LogP contribution in [0.1, 0.15) is 24.8 Å². The van der Waals surface area contributed by atoms with Gasteiger partial charge >= 0.3 is 0 Å². The lowest BCUT2D eigenvalue weighted by atomic mass is 10.1. The molecule has 2 aliphatic rings. The van der Waals surface area contributed by atoms with Crippen LogP contribution in [-0.2, 0) is 6.54 Å². The van der Waals surface area contributed by atoms with E-state index in [1.54, 1.807) is 14.2 Å². The maximum Gasteiger partial charge on any atom is 0.157 e. The molecule has 1 N–H and O–H groups in total. The molecule has 3 rings (SSSR count). The number of nitrogens with one attached hydrogen (secondary N) is 1. The summed E-state index contributed by atoms with van der Waals surface area (Å²) in [6.45, 7) is 0.639. The second-order valence-electron chi connectivity index (χ2n) is 5.55. The summed E-state index contributed by atoms with van der Waals surface area (Å²) in [5.74, 6) is 3.68. The molecule has 2 atom stereocenters. The van der Waals surface area contributed by atoms with Crippen LogP contribution < -0.4 is 14.8 Å². The summed E-state index contributed by atoms with van der Waals surface area (Å²) in [4.78, 5) is 4.73. The Bertz CT molecular complexity index is 533. The van der Waals surface area contributed by atoms with E-state index in [4.69, 9.17) is 14.5 Å². The summed E-state index contributed by atoms with van der Waals surface area (Å²) in [6.07, 6.45) is 4.00. The molecule has 0 radical (unpaired) electrons. The van der Waals surface area contributed by atoms with E-state index in [0.717, 1.165) is 28.1 Å². The highest BCUT2D eigenvalue weighted by molar-refractivity contribution is 8.13. The van der Waals surface area contributed by atoms with Gasteiger partial charge in [0.1, 0.15) is 11.5 Å². The van der Waals surface area contributed by atoms with Crippen molar-refractivity contribution in [3.8, 4) is 11.5 Å². The molecule has 0 amide bonds. The van der Waals surface area contributed by atoms with E-state index in [9.17, 15) is 0 Å². The van der Waals surface area contributed by atoms with E-state index in [1.165, 1.54) is 25.0 Å². The number of benzene rings is 1. The van der Waals surface area contributed by atoms with Gasteiger partial charge in [0.25, 0.3) is 0 Å². The largest absolute Gasteiger partial charge is 0.497 e. The van der Waals surface area contributed by atoms with Crippen LogP contribution in [0.2, 0.25) is 0 Å². The van der Waals surface area contributed by atoms with Gasteiger partial charge < -0.3 is 14.8 Å². The lowest BCUT2D eigenvalue weighted by molar-refractivity contribution is 0.391. The zero-order valence-electron chi connectivity index (χ0n) is 12.6. The summed E-state index contributed by atoms with van der Waals surface area (Å²) in [5, 5.41) is 4.67. The summed E-state index contributed by atoms with van der Waals surface area (Å²) in [6, 6.07) is 6.52. The Morgan fingerprint density at radius 3 is 3.00 bits per heavy atom. The Hall–Kier alpha value is -1.36. The van der Waals surface area contributed by atoms with Gasteiger partial charge in [-0.3, -0.25) is 4.99 Å². The van der Waals surface area contributed by atoms with E-state index < -0.39 is 0 Å². The van der Waals surface area contributed by atoms with Crippen molar-refractivity contribution in [2.45, 2.75) is 31.8 Å². The SMILES string of the molecule is COc1ccc(CN=C2NC3CCCC3CS2)c(OC)c1. The molecule has 5 heteroatoms. The minimum atomic E-state index is 0.639. The number of nitrogens with zero attached hydrogens (tertiary/aromatic N) is 1. The first-order valence-corrected chi connectivity index (χ1v) is 8.43. The Balaban J connectivity index is 1.68. The van der Waals surface area contributed by atoms with Crippen LogP contribution in [0.4, 0.5) is 0 Å². The van der Waals surface area contributed by atoms with Crippen molar-refractivity contribution in [2.24, 2.45) is 10.9 Å². The van der Waals surface area contributed by atoms with Crippen LogP contribution in [0.15, 0.2) is 23.2 Å². The first-order chi connectivity index (χ1) is 10.3. The third-order valence-electron chi connectivity index (χ3n) is 4.29. The second-order valence-corrected chi connectivity index (χ2v) is 6.56. The fraction of sp³-hybridized carbons (Fsp3) is 0.562. The van der Waals surface area contributed by atoms with E-state index in [2.05, 4.69) is 5.32 Å². The molecule has 0 spiro atoms. The van der Waals surface area contributed by atoms with Crippen molar-refractivity contribution in [2.75, 3.05) is 20.0 Å². The van der Waals surface area contributed by atoms with Crippen LogP contribution >= 0.6 is 11.8 Å². The van der Waals surface area contributed by atoms with Crippen molar-refractivity contribution in [3.63, 3.8) is 0 Å². The van der Waals surface area contributed by atoms with Crippen LogP contribution in [0.25, 0.3) is 0 Å². The minimum Gasteiger partial charge on any atom is -0.497 e. The zero-order valence-corrected chi connectivity index (χ0v) is 13.4. The predicted molar refractivity (Wildman–Crippen MR) is 87.4 cm³/mol. The molecule has 2 unspecified atom stereocenters. The molecule has 1 aliphatic heterocycles. The summed E-state index contributed by atoms with van der Waals surface area (Å²) in [5.41, 5.74) is 1.08. The molecule has 1 aliphatic carbocycles. The van der Waals surface area contributed by atoms with E-state index >= 15 is 0 Å². The van der Waals surface area contributed by atoms with Crippen molar-refractivity contribution >= 4 is 16.9 Å². The van der Waals surface area contributed by atoms with E-state index in [1.807, 2.05) is 30.0 Å². The lowest BCUT2D eigenvalue weighted by Gasteiger charge is -2.28. The van der Waals surface area contributed by atoms with Crippen LogP contribution in [0, 0.1) is 5.92 Å². The first-order valence-electron chi connectivity index (χ1n) is 7.45. The number of hydrogen-bond acceptors (Lipinski definition) is 4. The van der Waals surface area contributed by atoms with Gasteiger partial charge in [0.15, 0.2) is 5.17 Å². The van der Waals surface area contributed by atoms with Gasteiger partial charge in [0.2, 0.25) is 0 Å². The monoisotopic (exact) mass is 306 g/mol. The highest BCUT2D eigenvalue weighted by Crippen LogP contribution is 2.33. The van der Waals surface area contributed by atoms with Gasteiger partial charge in [-0.2, -0.15) is 0 Å². The van der Waals surface area contributed by atoms with Gasteiger partial charge in [-0.05, 0) is 30.9 Å². The first kappa shape index (κ1) is 14.6. The Morgan fingerprint density at radius 1 is 1.29 bits per heavy atom. The van der Waals surface area contributed by atoms with Gasteiger partial charge in [0, 0.05) is 23.4 Å². The van der Waals surface area contributed by atoms with Crippen LogP contribution in [0.3, 0.4) is 0 Å². The third-order valence-corrected chi connectivity index (χ3v) is 5.40. The molecule has 1 heterocycles. The molecular weight excluding hydrogens is 284 g/mol. The van der Waals surface area contributed by atoms with Crippen molar-refractivity contribution in [1.82, 2.24) is 5.32 Å². The van der Waals surface area contributed by atoms with Gasteiger partial charge in [-0.25, -0.2) is 0 Å². The number of hydrogen-bond donors (Lipinski definition) is 1. The highest BCUT2D eigenvalue weighted by Gasteiger charge is 2.31. The van der Waals surface area contributed by atoms with Gasteiger partial charge in [-0.1, -0.05) is 18.2 Å². The Labute approximate surface area is 130 Å². The third kappa shape index (κ3) is 3.28. The normalized spacial score (nSPS) is 26.3. The average molecular weight is 306 g/mol. The van der Waals surface area contributed by atoms with Crippen LogP contribution in [-0.4, -0.2) is 31.2 Å². The molecule has 1 saturated heterocycles. The minimum absolute atomic E-state index is 0.639. The maximum atomic E-state index is 5.42. The molecule has 4 nitrogen and oxygen atoms in total. The number of methoxy groups -OCH3 is 2. The topological polar surface area (TPSA) is 42.8 Å². The summed E-state index contributed by atoms with van der Waals surface area (Å²) in [7, 11) is 3.34. The standard InChI is InChI=1S/C16H22N2O2S/c1-19-13-7-6-11(15(8-13)20-2)9-17-16-18-14-5-3-4-12(14)10-21-16/h6-8,12,14H,3-5,9-10H2,1-2H3,(H,17,18). The predicted octanol–water partition coefficient (Wildman–Crippen LogP) is 3.06. The number of rotatable bonds is 4. The summed E-state index contributed by atoms with van der Waals surface area (Å²) >= 11 is 1.85. The molecular formula is C16H22N2O2S. The number of aliphatic imine (C=N–C) groups is 1. The average Bonchev–Trinajstić information content (AvgIpc) is 3.00.